The minimum atomic E-state index is -4.42. The van der Waals surface area contributed by atoms with Gasteiger partial charge in [-0.2, -0.15) is 18.3 Å². The van der Waals surface area contributed by atoms with Gasteiger partial charge < -0.3 is 5.73 Å². The quantitative estimate of drug-likeness (QED) is 0.896. The van der Waals surface area contributed by atoms with Crippen LogP contribution in [-0.4, -0.2) is 16.3 Å². The zero-order valence-corrected chi connectivity index (χ0v) is 8.93. The summed E-state index contributed by atoms with van der Waals surface area (Å²) >= 11 is 2.81. The number of alkyl halides is 3. The van der Waals surface area contributed by atoms with Crippen LogP contribution in [-0.2, 0) is 6.18 Å². The fraction of sp³-hybridized carbons (Fsp3) is 0.571. The van der Waals surface area contributed by atoms with Gasteiger partial charge in [0, 0.05) is 6.54 Å². The van der Waals surface area contributed by atoms with Crippen LogP contribution < -0.4 is 5.73 Å². The molecule has 0 saturated carbocycles. The molecule has 0 aliphatic rings. The van der Waals surface area contributed by atoms with Gasteiger partial charge in [0.15, 0.2) is 5.69 Å². The molecule has 3 nitrogen and oxygen atoms in total. The fourth-order valence-corrected chi connectivity index (χ4v) is 1.54. The first-order chi connectivity index (χ1) is 6.38. The lowest BCUT2D eigenvalue weighted by atomic mass is 10.3. The van der Waals surface area contributed by atoms with Gasteiger partial charge in [-0.15, -0.1) is 0 Å². The molecule has 0 bridgehead atoms. The predicted octanol–water partition coefficient (Wildman–Crippen LogP) is 2.18. The van der Waals surface area contributed by atoms with E-state index in [4.69, 9.17) is 5.73 Å². The highest BCUT2D eigenvalue weighted by atomic mass is 79.9. The van der Waals surface area contributed by atoms with Crippen molar-refractivity contribution < 1.29 is 13.2 Å². The van der Waals surface area contributed by atoms with Gasteiger partial charge in [-0.3, -0.25) is 4.68 Å². The lowest BCUT2D eigenvalue weighted by Gasteiger charge is -2.15. The van der Waals surface area contributed by atoms with Crippen molar-refractivity contribution in [3.8, 4) is 0 Å². The van der Waals surface area contributed by atoms with Crippen LogP contribution in [0.15, 0.2) is 10.7 Å². The molecule has 2 N–H and O–H groups in total. The summed E-state index contributed by atoms with van der Waals surface area (Å²) in [5, 5.41) is 3.62. The van der Waals surface area contributed by atoms with Gasteiger partial charge in [0.2, 0.25) is 0 Å². The van der Waals surface area contributed by atoms with Crippen molar-refractivity contribution in [1.82, 2.24) is 9.78 Å². The Morgan fingerprint density at radius 3 is 2.64 bits per heavy atom. The van der Waals surface area contributed by atoms with Gasteiger partial charge in [-0.25, -0.2) is 0 Å². The monoisotopic (exact) mass is 271 g/mol. The molecule has 1 atom stereocenters. The van der Waals surface area contributed by atoms with Crippen molar-refractivity contribution in [1.29, 1.82) is 0 Å². The smallest absolute Gasteiger partial charge is 0.328 e. The summed E-state index contributed by atoms with van der Waals surface area (Å²) in [6, 6.07) is -0.474. The van der Waals surface area contributed by atoms with E-state index in [1.54, 1.807) is 6.92 Å². The van der Waals surface area contributed by atoms with Crippen LogP contribution in [0.25, 0.3) is 0 Å². The SMILES string of the molecule is CC(CN)n1ncc(Br)c1C(F)(F)F. The topological polar surface area (TPSA) is 43.8 Å². The molecule has 0 fully saturated rings. The first-order valence-corrected chi connectivity index (χ1v) is 4.67. The molecule has 1 rings (SSSR count). The van der Waals surface area contributed by atoms with Crippen molar-refractivity contribution in [2.45, 2.75) is 19.1 Å². The molecular formula is C7H9BrF3N3. The maximum absolute atomic E-state index is 12.5. The van der Waals surface area contributed by atoms with E-state index in [9.17, 15) is 13.2 Å². The van der Waals surface area contributed by atoms with E-state index in [2.05, 4.69) is 21.0 Å². The molecule has 1 aromatic rings. The molecule has 14 heavy (non-hydrogen) atoms. The minimum absolute atomic E-state index is 0.0645. The zero-order chi connectivity index (χ0) is 10.9. The summed E-state index contributed by atoms with van der Waals surface area (Å²) in [5.74, 6) is 0. The average Bonchev–Trinajstić information content (AvgIpc) is 2.44. The van der Waals surface area contributed by atoms with Gasteiger partial charge in [-0.1, -0.05) is 0 Å². The third kappa shape index (κ3) is 2.09. The van der Waals surface area contributed by atoms with Crippen LogP contribution in [0.3, 0.4) is 0 Å². The van der Waals surface area contributed by atoms with Crippen LogP contribution in [0.2, 0.25) is 0 Å². The largest absolute Gasteiger partial charge is 0.434 e. The van der Waals surface area contributed by atoms with Crippen LogP contribution in [0.4, 0.5) is 13.2 Å². The number of hydrogen-bond donors (Lipinski definition) is 1. The van der Waals surface area contributed by atoms with Crippen molar-refractivity contribution in [3.05, 3.63) is 16.4 Å². The third-order valence-electron chi connectivity index (χ3n) is 1.78. The Labute approximate surface area is 87.2 Å². The molecule has 0 aliphatic heterocycles. The molecule has 1 unspecified atom stereocenters. The van der Waals surface area contributed by atoms with E-state index in [1.165, 1.54) is 0 Å². The zero-order valence-electron chi connectivity index (χ0n) is 7.35. The average molecular weight is 272 g/mol. The molecule has 1 aromatic heterocycles. The summed E-state index contributed by atoms with van der Waals surface area (Å²) in [6.45, 7) is 1.69. The second-order valence-corrected chi connectivity index (χ2v) is 3.72. The van der Waals surface area contributed by atoms with Gasteiger partial charge in [0.1, 0.15) is 0 Å². The molecule has 0 radical (unpaired) electrons. The van der Waals surface area contributed by atoms with Crippen LogP contribution in [0.5, 0.6) is 0 Å². The van der Waals surface area contributed by atoms with Crippen LogP contribution in [0, 0.1) is 0 Å². The highest BCUT2D eigenvalue weighted by Crippen LogP contribution is 2.35. The van der Waals surface area contributed by atoms with Gasteiger partial charge in [-0.05, 0) is 22.9 Å². The van der Waals surface area contributed by atoms with Crippen molar-refractivity contribution in [2.24, 2.45) is 5.73 Å². The summed E-state index contributed by atoms with van der Waals surface area (Å²) in [5.41, 5.74) is 4.49. The maximum Gasteiger partial charge on any atom is 0.434 e. The maximum atomic E-state index is 12.5. The van der Waals surface area contributed by atoms with Gasteiger partial charge in [0.25, 0.3) is 0 Å². The molecule has 80 valence electrons. The van der Waals surface area contributed by atoms with E-state index in [0.717, 1.165) is 10.9 Å². The van der Waals surface area contributed by atoms with Gasteiger partial charge in [0.05, 0.1) is 16.7 Å². The van der Waals surface area contributed by atoms with E-state index < -0.39 is 17.9 Å². The number of rotatable bonds is 2. The van der Waals surface area contributed by atoms with Crippen LogP contribution >= 0.6 is 15.9 Å². The Bertz CT molecular complexity index is 320. The highest BCUT2D eigenvalue weighted by molar-refractivity contribution is 9.10. The molecule has 0 aromatic carbocycles. The lowest BCUT2D eigenvalue weighted by Crippen LogP contribution is -2.23. The van der Waals surface area contributed by atoms with E-state index in [-0.39, 0.29) is 11.0 Å². The summed E-state index contributed by atoms with van der Waals surface area (Å²) in [6.07, 6.45) is -3.30. The van der Waals surface area contributed by atoms with E-state index in [1.807, 2.05) is 0 Å². The summed E-state index contributed by atoms with van der Waals surface area (Å²) < 4.78 is 38.3. The standard InChI is InChI=1S/C7H9BrF3N3/c1-4(2-12)14-6(7(9,10)11)5(8)3-13-14/h3-4H,2,12H2,1H3. The van der Waals surface area contributed by atoms with E-state index >= 15 is 0 Å². The third-order valence-corrected chi connectivity index (χ3v) is 2.36. The molecule has 0 aliphatic carbocycles. The molecule has 0 amide bonds. The fourth-order valence-electron chi connectivity index (χ4n) is 1.04. The normalized spacial score (nSPS) is 14.4. The molecule has 7 heteroatoms. The molecular weight excluding hydrogens is 263 g/mol. The Morgan fingerprint density at radius 1 is 1.64 bits per heavy atom. The Kier molecular flexibility index (Phi) is 3.20. The number of aromatic nitrogens is 2. The van der Waals surface area contributed by atoms with Gasteiger partial charge >= 0.3 is 6.18 Å². The first-order valence-electron chi connectivity index (χ1n) is 3.88. The first kappa shape index (κ1) is 11.5. The Hall–Kier alpha value is -0.560. The second kappa shape index (κ2) is 3.90. The van der Waals surface area contributed by atoms with Crippen molar-refractivity contribution >= 4 is 15.9 Å². The number of halogens is 4. The highest BCUT2D eigenvalue weighted by Gasteiger charge is 2.38. The van der Waals surface area contributed by atoms with E-state index in [0.29, 0.717) is 0 Å². The number of nitrogens with zero attached hydrogens (tertiary/aromatic N) is 2. The molecule has 0 saturated heterocycles. The minimum Gasteiger partial charge on any atom is -0.328 e. The Balaban J connectivity index is 3.19. The molecule has 0 spiro atoms. The van der Waals surface area contributed by atoms with Crippen molar-refractivity contribution in [3.63, 3.8) is 0 Å². The van der Waals surface area contributed by atoms with Crippen LogP contribution in [0.1, 0.15) is 18.7 Å². The summed E-state index contributed by atoms with van der Waals surface area (Å²) in [7, 11) is 0. The predicted molar refractivity (Wildman–Crippen MR) is 48.7 cm³/mol. The second-order valence-electron chi connectivity index (χ2n) is 2.87. The Morgan fingerprint density at radius 2 is 2.21 bits per heavy atom. The number of hydrogen-bond acceptors (Lipinski definition) is 2. The number of nitrogens with two attached hydrogens (primary N) is 1. The summed E-state index contributed by atoms with van der Waals surface area (Å²) in [4.78, 5) is 0. The van der Waals surface area contributed by atoms with Crippen molar-refractivity contribution in [2.75, 3.05) is 6.54 Å². The lowest BCUT2D eigenvalue weighted by molar-refractivity contribution is -0.145. The molecule has 1 heterocycles.